The summed E-state index contributed by atoms with van der Waals surface area (Å²) in [7, 11) is 3.48. The average molecular weight is 536 g/mol. The van der Waals surface area contributed by atoms with Crippen LogP contribution in [-0.2, 0) is 6.18 Å². The fourth-order valence-corrected chi connectivity index (χ4v) is 4.95. The summed E-state index contributed by atoms with van der Waals surface area (Å²) in [5.74, 6) is 0.467. The molecule has 0 bridgehead atoms. The molecule has 1 saturated heterocycles. The first kappa shape index (κ1) is 24.9. The predicted molar refractivity (Wildman–Crippen MR) is 141 cm³/mol. The molecule has 0 spiro atoms. The second-order valence-electron chi connectivity index (χ2n) is 9.49. The third-order valence-electron chi connectivity index (χ3n) is 7.06. The molecule has 200 valence electrons. The van der Waals surface area contributed by atoms with Gasteiger partial charge in [-0.2, -0.15) is 13.2 Å². The van der Waals surface area contributed by atoms with E-state index in [1.165, 1.54) is 17.9 Å². The quantitative estimate of drug-likeness (QED) is 0.371. The lowest BCUT2D eigenvalue weighted by Crippen LogP contribution is -2.45. The largest absolute Gasteiger partial charge is 0.481 e. The Kier molecular flexibility index (Phi) is 5.98. The Labute approximate surface area is 220 Å². The minimum absolute atomic E-state index is 0.0317. The fourth-order valence-electron chi connectivity index (χ4n) is 4.95. The lowest BCUT2D eigenvalue weighted by atomic mass is 10.0. The van der Waals surface area contributed by atoms with Gasteiger partial charge in [0.1, 0.15) is 5.52 Å². The van der Waals surface area contributed by atoms with E-state index >= 15 is 0 Å². The third kappa shape index (κ3) is 4.46. The lowest BCUT2D eigenvalue weighted by molar-refractivity contribution is -0.137. The minimum atomic E-state index is -4.58. The van der Waals surface area contributed by atoms with Crippen molar-refractivity contribution in [3.8, 4) is 22.7 Å². The van der Waals surface area contributed by atoms with Gasteiger partial charge < -0.3 is 19.5 Å². The highest BCUT2D eigenvalue weighted by molar-refractivity contribution is 6.04. The molecule has 2 aromatic carbocycles. The highest BCUT2D eigenvalue weighted by atomic mass is 19.4. The number of benzene rings is 2. The Morgan fingerprint density at radius 1 is 0.974 bits per heavy atom. The molecule has 1 fully saturated rings. The first-order chi connectivity index (χ1) is 18.7. The summed E-state index contributed by atoms with van der Waals surface area (Å²) in [6.45, 7) is 2.34. The lowest BCUT2D eigenvalue weighted by Gasteiger charge is -2.35. The molecule has 4 heterocycles. The molecule has 0 saturated carbocycles. The van der Waals surface area contributed by atoms with Gasteiger partial charge in [0.15, 0.2) is 5.52 Å². The van der Waals surface area contributed by atoms with Crippen molar-refractivity contribution in [1.29, 1.82) is 0 Å². The topological polar surface area (TPSA) is 92.2 Å². The van der Waals surface area contributed by atoms with Crippen molar-refractivity contribution in [2.24, 2.45) is 0 Å². The summed E-state index contributed by atoms with van der Waals surface area (Å²) in [5, 5.41) is 8.72. The van der Waals surface area contributed by atoms with Crippen molar-refractivity contribution in [2.75, 3.05) is 45.2 Å². The Morgan fingerprint density at radius 3 is 2.44 bits per heavy atom. The maximum atomic E-state index is 14.3. The molecule has 0 amide bonds. The van der Waals surface area contributed by atoms with Crippen LogP contribution >= 0.6 is 0 Å². The number of alkyl halides is 3. The zero-order valence-corrected chi connectivity index (χ0v) is 21.2. The smallest absolute Gasteiger partial charge is 0.418 e. The monoisotopic (exact) mass is 535 g/mol. The number of piperazine rings is 1. The molecular weight excluding hydrogens is 511 g/mol. The molecule has 3 aromatic heterocycles. The number of rotatable bonds is 4. The van der Waals surface area contributed by atoms with Crippen LogP contribution in [0, 0.1) is 0 Å². The van der Waals surface area contributed by atoms with E-state index in [1.807, 2.05) is 25.2 Å². The van der Waals surface area contributed by atoms with Gasteiger partial charge in [0.25, 0.3) is 5.56 Å². The highest BCUT2D eigenvalue weighted by Gasteiger charge is 2.36. The number of aromatic nitrogens is 5. The van der Waals surface area contributed by atoms with Gasteiger partial charge in [0.05, 0.1) is 23.9 Å². The normalized spacial score (nSPS) is 14.8. The first-order valence-corrected chi connectivity index (χ1v) is 12.3. The van der Waals surface area contributed by atoms with Crippen LogP contribution in [0.4, 0.5) is 18.9 Å². The number of H-pyrrole nitrogens is 1. The summed E-state index contributed by atoms with van der Waals surface area (Å²) in [6, 6.07) is 13.1. The van der Waals surface area contributed by atoms with Gasteiger partial charge >= 0.3 is 6.18 Å². The van der Waals surface area contributed by atoms with E-state index < -0.39 is 17.3 Å². The van der Waals surface area contributed by atoms with Gasteiger partial charge in [-0.3, -0.25) is 4.79 Å². The zero-order chi connectivity index (χ0) is 27.3. The maximum absolute atomic E-state index is 14.3. The standard InChI is InChI=1S/C27H24F3N7O2/c1-35-9-11-36(12-10-35)22-7-5-18(14-20(22)27(28,29)30)37-25-19-13-16(17-4-8-23(39-2)31-15-17)3-6-21(19)32-26(38)24(25)33-34-37/h3-8,13-15H,9-12H2,1-2H3,(H,32,38). The van der Waals surface area contributed by atoms with E-state index in [2.05, 4.69) is 25.2 Å². The van der Waals surface area contributed by atoms with E-state index in [0.29, 0.717) is 48.5 Å². The van der Waals surface area contributed by atoms with Crippen LogP contribution < -0.4 is 15.2 Å². The second-order valence-corrected chi connectivity index (χ2v) is 9.49. The minimum Gasteiger partial charge on any atom is -0.481 e. The number of pyridine rings is 2. The van der Waals surface area contributed by atoms with Crippen LogP contribution in [0.3, 0.4) is 0 Å². The SMILES string of the molecule is COc1ccc(-c2ccc3[nH]c(=O)c4nnn(-c5ccc(N6CCN(C)CC6)c(C(F)(F)F)c5)c4c3c2)cn1. The molecule has 1 aliphatic rings. The molecule has 0 aliphatic carbocycles. The van der Waals surface area contributed by atoms with Crippen LogP contribution in [0.25, 0.3) is 38.8 Å². The molecule has 12 heteroatoms. The third-order valence-corrected chi connectivity index (χ3v) is 7.06. The van der Waals surface area contributed by atoms with E-state index in [-0.39, 0.29) is 16.9 Å². The van der Waals surface area contributed by atoms with Crippen molar-refractivity contribution in [3.63, 3.8) is 0 Å². The van der Waals surface area contributed by atoms with Crippen LogP contribution in [-0.4, -0.2) is 70.2 Å². The number of hydrogen-bond donors (Lipinski definition) is 1. The average Bonchev–Trinajstić information content (AvgIpc) is 3.39. The molecule has 0 unspecified atom stereocenters. The maximum Gasteiger partial charge on any atom is 0.418 e. The number of aromatic amines is 1. The van der Waals surface area contributed by atoms with Crippen LogP contribution in [0.5, 0.6) is 5.88 Å². The predicted octanol–water partition coefficient (Wildman–Crippen LogP) is 4.10. The van der Waals surface area contributed by atoms with E-state index in [4.69, 9.17) is 4.74 Å². The summed E-state index contributed by atoms with van der Waals surface area (Å²) in [5.41, 5.74) is 1.49. The second kappa shape index (κ2) is 9.38. The Balaban J connectivity index is 1.52. The van der Waals surface area contributed by atoms with Gasteiger partial charge in [-0.05, 0) is 49.0 Å². The Morgan fingerprint density at radius 2 is 1.74 bits per heavy atom. The number of ether oxygens (including phenoxy) is 1. The number of hydrogen-bond acceptors (Lipinski definition) is 7. The van der Waals surface area contributed by atoms with Gasteiger partial charge in [0.2, 0.25) is 5.88 Å². The number of nitrogens with zero attached hydrogens (tertiary/aromatic N) is 6. The molecule has 0 radical (unpaired) electrons. The number of anilines is 1. The first-order valence-electron chi connectivity index (χ1n) is 12.3. The zero-order valence-electron chi connectivity index (χ0n) is 21.2. The molecular formula is C27H24F3N7O2. The summed E-state index contributed by atoms with van der Waals surface area (Å²) in [6.07, 6.45) is -2.93. The Hall–Kier alpha value is -4.45. The van der Waals surface area contributed by atoms with Crippen molar-refractivity contribution >= 4 is 27.6 Å². The van der Waals surface area contributed by atoms with E-state index in [1.54, 1.807) is 29.3 Å². The van der Waals surface area contributed by atoms with Gasteiger partial charge in [-0.1, -0.05) is 11.3 Å². The molecule has 9 nitrogen and oxygen atoms in total. The highest BCUT2D eigenvalue weighted by Crippen LogP contribution is 2.39. The molecule has 0 atom stereocenters. The van der Waals surface area contributed by atoms with E-state index in [0.717, 1.165) is 17.2 Å². The number of fused-ring (bicyclic) bond motifs is 3. The Bertz CT molecular complexity index is 1740. The van der Waals surface area contributed by atoms with Gasteiger partial charge in [0, 0.05) is 55.1 Å². The number of methoxy groups -OCH3 is 1. The fraction of sp³-hybridized carbons (Fsp3) is 0.259. The summed E-state index contributed by atoms with van der Waals surface area (Å²) < 4.78 is 49.3. The molecule has 1 aliphatic heterocycles. The van der Waals surface area contributed by atoms with E-state index in [9.17, 15) is 18.0 Å². The van der Waals surface area contributed by atoms with Gasteiger partial charge in [-0.15, -0.1) is 5.10 Å². The molecule has 5 aromatic rings. The van der Waals surface area contributed by atoms with Crippen LogP contribution in [0.15, 0.2) is 59.5 Å². The molecule has 1 N–H and O–H groups in total. The van der Waals surface area contributed by atoms with Crippen LogP contribution in [0.1, 0.15) is 5.56 Å². The van der Waals surface area contributed by atoms with Crippen molar-refractivity contribution < 1.29 is 17.9 Å². The molecule has 39 heavy (non-hydrogen) atoms. The summed E-state index contributed by atoms with van der Waals surface area (Å²) >= 11 is 0. The number of halogens is 3. The van der Waals surface area contributed by atoms with Crippen molar-refractivity contribution in [3.05, 3.63) is 70.6 Å². The van der Waals surface area contributed by atoms with Crippen molar-refractivity contribution in [2.45, 2.75) is 6.18 Å². The van der Waals surface area contributed by atoms with Gasteiger partial charge in [-0.25, -0.2) is 9.67 Å². The van der Waals surface area contributed by atoms with Crippen LogP contribution in [0.2, 0.25) is 0 Å². The summed E-state index contributed by atoms with van der Waals surface area (Å²) in [4.78, 5) is 23.7. The van der Waals surface area contributed by atoms with Crippen molar-refractivity contribution in [1.82, 2.24) is 29.9 Å². The number of nitrogens with one attached hydrogen (secondary N) is 1. The number of likely N-dealkylation sites (N-methyl/N-ethyl adjacent to an activating group) is 1. The molecule has 6 rings (SSSR count).